The number of carbonyl (C=O) groups excluding carboxylic acids is 2. The van der Waals surface area contributed by atoms with Crippen molar-refractivity contribution in [3.8, 4) is 11.4 Å². The highest BCUT2D eigenvalue weighted by Crippen LogP contribution is 2.66. The van der Waals surface area contributed by atoms with Gasteiger partial charge in [-0.05, 0) is 79.7 Å². The summed E-state index contributed by atoms with van der Waals surface area (Å²) in [4.78, 5) is 55.9. The van der Waals surface area contributed by atoms with Gasteiger partial charge in [0.1, 0.15) is 5.75 Å². The number of Topliss-reactive ketones (excluding diaryl/α,β-unsaturated/α-hetero) is 2. The number of aryl methyl sites for hydroxylation is 2. The lowest BCUT2D eigenvalue weighted by Gasteiger charge is -2.58. The van der Waals surface area contributed by atoms with E-state index in [2.05, 4.69) is 0 Å². The number of benzene rings is 2. The molecule has 2 aromatic carbocycles. The molecular weight excluding hydrogens is 506 g/mol. The molecule has 1 N–H and O–H groups in total. The number of allylic oxidation sites excluding steroid dienone is 4. The number of carbonyl (C=O) groups is 2. The third-order valence-electron chi connectivity index (χ3n) is 9.98. The quantitative estimate of drug-likeness (QED) is 0.490. The Kier molecular flexibility index (Phi) is 5.47. The molecule has 0 bridgehead atoms. The molecule has 0 amide bonds. The van der Waals surface area contributed by atoms with Crippen molar-refractivity contribution in [1.82, 2.24) is 13.9 Å². The maximum absolute atomic E-state index is 14.3. The highest BCUT2D eigenvalue weighted by atomic mass is 16.3. The summed E-state index contributed by atoms with van der Waals surface area (Å²) in [5.41, 5.74) is 1.14. The fourth-order valence-electron chi connectivity index (χ4n) is 7.53. The summed E-state index contributed by atoms with van der Waals surface area (Å²) in [6.45, 7) is 10.9. The number of hydrogen-bond donors (Lipinski definition) is 1. The van der Waals surface area contributed by atoms with E-state index in [-0.39, 0.29) is 30.3 Å². The van der Waals surface area contributed by atoms with Gasteiger partial charge < -0.3 is 5.11 Å². The Morgan fingerprint density at radius 1 is 0.850 bits per heavy atom. The normalized spacial score (nSPS) is 27.7. The van der Waals surface area contributed by atoms with Gasteiger partial charge in [-0.1, -0.05) is 50.3 Å². The van der Waals surface area contributed by atoms with Gasteiger partial charge in [-0.25, -0.2) is 23.5 Å². The van der Waals surface area contributed by atoms with Crippen molar-refractivity contribution in [2.24, 2.45) is 10.8 Å². The SMILES string of the molecule is CC1=C(C)C(=O)[C@@]2(C)[C@@H](c3cc(C)c(O)c(C)c3)C3=CCn4c(=O)n(-c5ccccc5)c(=O)n4[C@@H]3C[C@@]2(C)C1=O. The second kappa shape index (κ2) is 8.40. The predicted molar refractivity (Wildman–Crippen MR) is 151 cm³/mol. The summed E-state index contributed by atoms with van der Waals surface area (Å²) in [6, 6.07) is 11.9. The lowest BCUT2D eigenvalue weighted by molar-refractivity contribution is -0.151. The van der Waals surface area contributed by atoms with Crippen molar-refractivity contribution in [2.75, 3.05) is 0 Å². The molecular formula is C32H33N3O5. The van der Waals surface area contributed by atoms with E-state index in [1.165, 1.54) is 13.9 Å². The van der Waals surface area contributed by atoms with Gasteiger partial charge in [0.15, 0.2) is 11.6 Å². The second-order valence-electron chi connectivity index (χ2n) is 12.0. The van der Waals surface area contributed by atoms with Crippen molar-refractivity contribution in [3.05, 3.63) is 103 Å². The molecule has 1 aromatic heterocycles. The number of rotatable bonds is 2. The molecule has 1 fully saturated rings. The van der Waals surface area contributed by atoms with Crippen molar-refractivity contribution in [2.45, 2.75) is 66.5 Å². The van der Waals surface area contributed by atoms with Gasteiger partial charge in [-0.3, -0.25) is 9.59 Å². The maximum atomic E-state index is 14.3. The largest absolute Gasteiger partial charge is 0.507 e. The van der Waals surface area contributed by atoms with Crippen LogP contribution in [0.15, 0.2) is 74.8 Å². The van der Waals surface area contributed by atoms with Crippen LogP contribution in [0.3, 0.4) is 0 Å². The predicted octanol–water partition coefficient (Wildman–Crippen LogP) is 4.29. The molecule has 6 rings (SSSR count). The zero-order chi connectivity index (χ0) is 28.9. The summed E-state index contributed by atoms with van der Waals surface area (Å²) in [6.07, 6.45) is 2.15. The first-order valence-electron chi connectivity index (χ1n) is 13.6. The number of phenolic OH excluding ortho intramolecular Hbond substituents is 1. The van der Waals surface area contributed by atoms with Crippen molar-refractivity contribution >= 4 is 11.6 Å². The molecule has 8 nitrogen and oxygen atoms in total. The molecule has 206 valence electrons. The molecule has 2 aliphatic carbocycles. The van der Waals surface area contributed by atoms with Gasteiger partial charge >= 0.3 is 11.4 Å². The minimum Gasteiger partial charge on any atom is -0.507 e. The van der Waals surface area contributed by atoms with Gasteiger partial charge in [-0.2, -0.15) is 0 Å². The molecule has 0 radical (unpaired) electrons. The van der Waals surface area contributed by atoms with Gasteiger partial charge in [0.25, 0.3) is 0 Å². The van der Waals surface area contributed by atoms with E-state index in [1.54, 1.807) is 38.1 Å². The number of hydrogen-bond acceptors (Lipinski definition) is 5. The van der Waals surface area contributed by atoms with E-state index in [0.29, 0.717) is 28.0 Å². The Hall–Kier alpha value is -4.20. The third kappa shape index (κ3) is 3.07. The Balaban J connectivity index is 1.66. The Bertz CT molecular complexity index is 1800. The van der Waals surface area contributed by atoms with Crippen LogP contribution in [0, 0.1) is 24.7 Å². The van der Waals surface area contributed by atoms with Crippen LogP contribution < -0.4 is 11.4 Å². The van der Waals surface area contributed by atoms with Gasteiger partial charge in [0.05, 0.1) is 23.7 Å². The van der Waals surface area contributed by atoms with Gasteiger partial charge in [0, 0.05) is 11.3 Å². The minimum absolute atomic E-state index is 0.0861. The van der Waals surface area contributed by atoms with Crippen LogP contribution in [-0.4, -0.2) is 30.6 Å². The van der Waals surface area contributed by atoms with Crippen LogP contribution >= 0.6 is 0 Å². The van der Waals surface area contributed by atoms with E-state index < -0.39 is 34.2 Å². The molecule has 4 atom stereocenters. The lowest BCUT2D eigenvalue weighted by atomic mass is 9.43. The summed E-state index contributed by atoms with van der Waals surface area (Å²) in [5.74, 6) is -0.565. The molecule has 3 aliphatic rings. The van der Waals surface area contributed by atoms with Crippen LogP contribution in [0.25, 0.3) is 5.69 Å². The van der Waals surface area contributed by atoms with Crippen LogP contribution in [0.1, 0.15) is 62.8 Å². The van der Waals surface area contributed by atoms with Crippen LogP contribution in [0.5, 0.6) is 5.75 Å². The molecule has 8 heteroatoms. The van der Waals surface area contributed by atoms with Gasteiger partial charge in [0.2, 0.25) is 0 Å². The zero-order valence-electron chi connectivity index (χ0n) is 23.6. The molecule has 1 aliphatic heterocycles. The van der Waals surface area contributed by atoms with Crippen molar-refractivity contribution in [1.29, 1.82) is 0 Å². The summed E-state index contributed by atoms with van der Waals surface area (Å²) in [5, 5.41) is 10.6. The lowest BCUT2D eigenvalue weighted by Crippen LogP contribution is -2.61. The van der Waals surface area contributed by atoms with E-state index in [1.807, 2.05) is 52.0 Å². The van der Waals surface area contributed by atoms with Crippen LogP contribution in [0.4, 0.5) is 0 Å². The molecule has 0 unspecified atom stereocenters. The summed E-state index contributed by atoms with van der Waals surface area (Å²) in [7, 11) is 0. The topological polar surface area (TPSA) is 103 Å². The number of aromatic hydroxyl groups is 1. The Morgan fingerprint density at radius 3 is 2.08 bits per heavy atom. The van der Waals surface area contributed by atoms with E-state index >= 15 is 0 Å². The number of fused-ring (bicyclic) bond motifs is 4. The number of ketones is 2. The van der Waals surface area contributed by atoms with Gasteiger partial charge in [-0.15, -0.1) is 0 Å². The van der Waals surface area contributed by atoms with E-state index in [9.17, 15) is 24.3 Å². The minimum atomic E-state index is -1.15. The number of aromatic nitrogens is 3. The second-order valence-corrected chi connectivity index (χ2v) is 12.0. The average molecular weight is 540 g/mol. The smallest absolute Gasteiger partial charge is 0.352 e. The first kappa shape index (κ1) is 26.0. The molecule has 1 saturated carbocycles. The molecule has 40 heavy (non-hydrogen) atoms. The fraction of sp³-hybridized carbons (Fsp3) is 0.375. The fourth-order valence-corrected chi connectivity index (χ4v) is 7.53. The molecule has 3 aromatic rings. The standard InChI is InChI=1S/C32H33N3O5/c1-17-14-21(15-18(2)26(17)36)25-23-12-13-33-29(39)34(22-10-8-7-9-11-22)30(40)35(33)24(23)16-31(5)27(37)19(3)20(4)28(38)32(25,31)6/h7-12,14-15,24-25,36H,13,16H2,1-6H3/t24-,25+,31+,32-/m1/s1. The van der Waals surface area contributed by atoms with Crippen LogP contribution in [0.2, 0.25) is 0 Å². The Labute approximate surface area is 231 Å². The molecule has 0 spiro atoms. The molecule has 2 heterocycles. The summed E-state index contributed by atoms with van der Waals surface area (Å²) < 4.78 is 4.09. The third-order valence-corrected chi connectivity index (χ3v) is 9.98. The zero-order valence-corrected chi connectivity index (χ0v) is 23.6. The highest BCUT2D eigenvalue weighted by Gasteiger charge is 2.66. The summed E-state index contributed by atoms with van der Waals surface area (Å²) >= 11 is 0. The Morgan fingerprint density at radius 2 is 1.45 bits per heavy atom. The number of phenols is 1. The first-order valence-corrected chi connectivity index (χ1v) is 13.6. The average Bonchev–Trinajstić information content (AvgIpc) is 3.19. The van der Waals surface area contributed by atoms with Crippen LogP contribution in [-0.2, 0) is 16.1 Å². The number of para-hydroxylation sites is 1. The number of nitrogens with zero attached hydrogens (tertiary/aromatic N) is 3. The van der Waals surface area contributed by atoms with Crippen molar-refractivity contribution < 1.29 is 14.7 Å². The molecule has 0 saturated heterocycles. The van der Waals surface area contributed by atoms with Crippen molar-refractivity contribution in [3.63, 3.8) is 0 Å². The maximum Gasteiger partial charge on any atom is 0.352 e. The monoisotopic (exact) mass is 539 g/mol. The van der Waals surface area contributed by atoms with E-state index in [0.717, 1.165) is 11.1 Å². The first-order chi connectivity index (χ1) is 18.8. The highest BCUT2D eigenvalue weighted by molar-refractivity contribution is 6.17. The van der Waals surface area contributed by atoms with E-state index in [4.69, 9.17) is 0 Å².